The van der Waals surface area contributed by atoms with E-state index >= 15 is 0 Å². The summed E-state index contributed by atoms with van der Waals surface area (Å²) in [5, 5.41) is 0. The zero-order chi connectivity index (χ0) is 19.0. The van der Waals surface area contributed by atoms with Crippen LogP contribution in [0.2, 0.25) is 0 Å². The van der Waals surface area contributed by atoms with E-state index in [4.69, 9.17) is 14.2 Å². The summed E-state index contributed by atoms with van der Waals surface area (Å²) in [5.74, 6) is 0.326. The number of esters is 1. The monoisotopic (exact) mass is 367 g/mol. The van der Waals surface area contributed by atoms with Crippen molar-refractivity contribution in [2.45, 2.75) is 32.4 Å². The van der Waals surface area contributed by atoms with Gasteiger partial charge in [0.2, 0.25) is 0 Å². The highest BCUT2D eigenvalue weighted by molar-refractivity contribution is 6.01. The van der Waals surface area contributed by atoms with Crippen molar-refractivity contribution < 1.29 is 23.8 Å². The summed E-state index contributed by atoms with van der Waals surface area (Å²) in [6.45, 7) is 4.52. The zero-order valence-electron chi connectivity index (χ0n) is 15.3. The average molecular weight is 367 g/mol. The highest BCUT2D eigenvalue weighted by Crippen LogP contribution is 2.33. The van der Waals surface area contributed by atoms with Gasteiger partial charge >= 0.3 is 5.97 Å². The SMILES string of the molecule is C[C@H](OC(=O)c1ccc2c(c1)OCCO2)C(=O)N1c2ccccc2C[C@H]1C. The van der Waals surface area contributed by atoms with E-state index in [1.54, 1.807) is 30.0 Å². The predicted octanol–water partition coefficient (Wildman–Crippen LogP) is 2.98. The van der Waals surface area contributed by atoms with E-state index in [2.05, 4.69) is 0 Å². The maximum atomic E-state index is 12.9. The summed E-state index contributed by atoms with van der Waals surface area (Å²) in [6.07, 6.45) is -0.0932. The van der Waals surface area contributed by atoms with Gasteiger partial charge in [0.1, 0.15) is 13.2 Å². The first-order chi connectivity index (χ1) is 13.0. The summed E-state index contributed by atoms with van der Waals surface area (Å²) >= 11 is 0. The molecule has 4 rings (SSSR count). The van der Waals surface area contributed by atoms with Crippen molar-refractivity contribution >= 4 is 17.6 Å². The van der Waals surface area contributed by atoms with Crippen LogP contribution in [0.1, 0.15) is 29.8 Å². The molecule has 0 aromatic heterocycles. The van der Waals surface area contributed by atoms with Gasteiger partial charge in [-0.1, -0.05) is 18.2 Å². The molecule has 0 saturated carbocycles. The Hall–Kier alpha value is -3.02. The third kappa shape index (κ3) is 3.23. The lowest BCUT2D eigenvalue weighted by Gasteiger charge is -2.26. The number of carbonyl (C=O) groups is 2. The van der Waals surface area contributed by atoms with Crippen LogP contribution in [0, 0.1) is 0 Å². The Morgan fingerprint density at radius 3 is 2.67 bits per heavy atom. The van der Waals surface area contributed by atoms with Gasteiger partial charge in [-0.15, -0.1) is 0 Å². The molecule has 0 saturated heterocycles. The molecular formula is C21H21NO5. The number of carbonyl (C=O) groups excluding carboxylic acids is 2. The molecular weight excluding hydrogens is 346 g/mol. The van der Waals surface area contributed by atoms with Gasteiger partial charge in [-0.2, -0.15) is 0 Å². The Morgan fingerprint density at radius 1 is 1.11 bits per heavy atom. The zero-order valence-corrected chi connectivity index (χ0v) is 15.3. The molecule has 27 heavy (non-hydrogen) atoms. The smallest absolute Gasteiger partial charge is 0.339 e. The van der Waals surface area contributed by atoms with Gasteiger partial charge in [0.15, 0.2) is 17.6 Å². The number of benzene rings is 2. The third-order valence-electron chi connectivity index (χ3n) is 4.85. The van der Waals surface area contributed by atoms with Crippen molar-refractivity contribution in [1.82, 2.24) is 0 Å². The molecule has 6 nitrogen and oxygen atoms in total. The number of hydrogen-bond acceptors (Lipinski definition) is 5. The maximum absolute atomic E-state index is 12.9. The molecule has 140 valence electrons. The summed E-state index contributed by atoms with van der Waals surface area (Å²) < 4.78 is 16.4. The summed E-state index contributed by atoms with van der Waals surface area (Å²) in [6, 6.07) is 12.7. The molecule has 0 N–H and O–H groups in total. The van der Waals surface area contributed by atoms with E-state index in [9.17, 15) is 9.59 Å². The minimum atomic E-state index is -0.890. The Morgan fingerprint density at radius 2 is 1.85 bits per heavy atom. The molecule has 0 aliphatic carbocycles. The van der Waals surface area contributed by atoms with Gasteiger partial charge in [0, 0.05) is 11.7 Å². The number of anilines is 1. The number of rotatable bonds is 3. The quantitative estimate of drug-likeness (QED) is 0.781. The van der Waals surface area contributed by atoms with Crippen molar-refractivity contribution in [1.29, 1.82) is 0 Å². The topological polar surface area (TPSA) is 65.1 Å². The first-order valence-electron chi connectivity index (χ1n) is 9.06. The molecule has 2 heterocycles. The van der Waals surface area contributed by atoms with Gasteiger partial charge in [-0.05, 0) is 50.1 Å². The first-order valence-corrected chi connectivity index (χ1v) is 9.06. The van der Waals surface area contributed by atoms with Crippen LogP contribution in [0.15, 0.2) is 42.5 Å². The van der Waals surface area contributed by atoms with Crippen molar-refractivity contribution in [2.75, 3.05) is 18.1 Å². The molecule has 0 radical (unpaired) electrons. The molecule has 0 fully saturated rings. The molecule has 2 aromatic rings. The molecule has 1 amide bonds. The van der Waals surface area contributed by atoms with Gasteiger partial charge in [0.25, 0.3) is 5.91 Å². The van der Waals surface area contributed by atoms with E-state index in [-0.39, 0.29) is 11.9 Å². The second-order valence-corrected chi connectivity index (χ2v) is 6.80. The lowest BCUT2D eigenvalue weighted by molar-refractivity contribution is -0.126. The lowest BCUT2D eigenvalue weighted by Crippen LogP contribution is -2.43. The second-order valence-electron chi connectivity index (χ2n) is 6.80. The average Bonchev–Trinajstić information content (AvgIpc) is 3.02. The highest BCUT2D eigenvalue weighted by atomic mass is 16.6. The molecule has 2 atom stereocenters. The Kier molecular flexibility index (Phi) is 4.48. The fourth-order valence-electron chi connectivity index (χ4n) is 3.55. The largest absolute Gasteiger partial charge is 0.486 e. The molecule has 0 spiro atoms. The van der Waals surface area contributed by atoms with Crippen LogP contribution in [-0.4, -0.2) is 37.2 Å². The molecule has 0 unspecified atom stereocenters. The molecule has 2 aliphatic heterocycles. The minimum Gasteiger partial charge on any atom is -0.486 e. The second kappa shape index (κ2) is 6.95. The van der Waals surface area contributed by atoms with Crippen LogP contribution in [0.5, 0.6) is 11.5 Å². The number of ether oxygens (including phenoxy) is 3. The minimum absolute atomic E-state index is 0.0327. The third-order valence-corrected chi connectivity index (χ3v) is 4.85. The lowest BCUT2D eigenvalue weighted by atomic mass is 10.1. The molecule has 0 bridgehead atoms. The number of hydrogen-bond donors (Lipinski definition) is 0. The number of amides is 1. The normalized spacial score (nSPS) is 18.6. The van der Waals surface area contributed by atoms with E-state index in [0.29, 0.717) is 30.3 Å². The number of fused-ring (bicyclic) bond motifs is 2. The van der Waals surface area contributed by atoms with Crippen LogP contribution in [0.3, 0.4) is 0 Å². The van der Waals surface area contributed by atoms with Gasteiger partial charge in [0.05, 0.1) is 5.56 Å². The summed E-state index contributed by atoms with van der Waals surface area (Å²) in [7, 11) is 0. The Labute approximate surface area is 157 Å². The van der Waals surface area contributed by atoms with Crippen molar-refractivity contribution in [3.63, 3.8) is 0 Å². The number of nitrogens with zero attached hydrogens (tertiary/aromatic N) is 1. The fourth-order valence-corrected chi connectivity index (χ4v) is 3.55. The van der Waals surface area contributed by atoms with Crippen molar-refractivity contribution in [2.24, 2.45) is 0 Å². The predicted molar refractivity (Wildman–Crippen MR) is 99.4 cm³/mol. The molecule has 2 aromatic carbocycles. The van der Waals surface area contributed by atoms with Crippen LogP contribution >= 0.6 is 0 Å². The van der Waals surface area contributed by atoms with Gasteiger partial charge in [-0.3, -0.25) is 4.79 Å². The van der Waals surface area contributed by atoms with Crippen LogP contribution in [0.4, 0.5) is 5.69 Å². The van der Waals surface area contributed by atoms with E-state index in [0.717, 1.165) is 17.7 Å². The van der Waals surface area contributed by atoms with Crippen molar-refractivity contribution in [3.05, 3.63) is 53.6 Å². The molecule has 2 aliphatic rings. The maximum Gasteiger partial charge on any atom is 0.339 e. The summed E-state index contributed by atoms with van der Waals surface area (Å²) in [4.78, 5) is 27.1. The highest BCUT2D eigenvalue weighted by Gasteiger charge is 2.34. The van der Waals surface area contributed by atoms with Gasteiger partial charge < -0.3 is 19.1 Å². The Balaban J connectivity index is 1.48. The van der Waals surface area contributed by atoms with E-state index < -0.39 is 12.1 Å². The van der Waals surface area contributed by atoms with Crippen molar-refractivity contribution in [3.8, 4) is 11.5 Å². The van der Waals surface area contributed by atoms with Crippen LogP contribution in [0.25, 0.3) is 0 Å². The number of para-hydroxylation sites is 1. The standard InChI is InChI=1S/C21H21NO5/c1-13-11-15-5-3-4-6-17(15)22(13)20(23)14(2)27-21(24)16-7-8-18-19(12-16)26-10-9-25-18/h3-8,12-14H,9-11H2,1-2H3/t13-,14+/m1/s1. The van der Waals surface area contributed by atoms with Crippen LogP contribution < -0.4 is 14.4 Å². The van der Waals surface area contributed by atoms with Gasteiger partial charge in [-0.25, -0.2) is 4.79 Å². The molecule has 6 heteroatoms. The first kappa shape index (κ1) is 17.4. The van der Waals surface area contributed by atoms with E-state index in [1.165, 1.54) is 0 Å². The van der Waals surface area contributed by atoms with Crippen LogP contribution in [-0.2, 0) is 16.0 Å². The Bertz CT molecular complexity index is 894. The van der Waals surface area contributed by atoms with E-state index in [1.807, 2.05) is 31.2 Å². The fraction of sp³-hybridized carbons (Fsp3) is 0.333. The summed E-state index contributed by atoms with van der Waals surface area (Å²) in [5.41, 5.74) is 2.34.